The van der Waals surface area contributed by atoms with Crippen LogP contribution in [0.1, 0.15) is 70.7 Å². The minimum absolute atomic E-state index is 0.0502. The van der Waals surface area contributed by atoms with Gasteiger partial charge < -0.3 is 30.7 Å². The third-order valence-corrected chi connectivity index (χ3v) is 6.42. The van der Waals surface area contributed by atoms with Crippen molar-refractivity contribution in [2.24, 2.45) is 11.7 Å². The van der Waals surface area contributed by atoms with Gasteiger partial charge in [-0.05, 0) is 39.2 Å². The number of nitrogens with zero attached hydrogens (tertiary/aromatic N) is 3. The number of amides is 1. The molecule has 1 saturated heterocycles. The number of rotatable bonds is 12. The molecule has 4 N–H and O–H groups in total. The van der Waals surface area contributed by atoms with E-state index in [1.807, 2.05) is 13.8 Å². The Morgan fingerprint density at radius 1 is 1.18 bits per heavy atom. The Labute approximate surface area is 234 Å². The number of carbonyl (C=O) groups is 2. The van der Waals surface area contributed by atoms with Crippen LogP contribution in [-0.2, 0) is 14.3 Å². The van der Waals surface area contributed by atoms with E-state index < -0.39 is 23.1 Å². The van der Waals surface area contributed by atoms with Crippen LogP contribution in [0.5, 0.6) is 0 Å². The molecule has 40 heavy (non-hydrogen) atoms. The molecule has 220 valence electrons. The second-order valence-electron chi connectivity index (χ2n) is 11.0. The highest BCUT2D eigenvalue weighted by atomic mass is 19.1. The third kappa shape index (κ3) is 8.73. The van der Waals surface area contributed by atoms with Gasteiger partial charge >= 0.3 is 5.97 Å². The predicted octanol–water partition coefficient (Wildman–Crippen LogP) is 4.77. The van der Waals surface area contributed by atoms with E-state index in [4.69, 9.17) is 15.2 Å². The highest BCUT2D eigenvalue weighted by molar-refractivity contribution is 5.98. The van der Waals surface area contributed by atoms with Crippen LogP contribution in [0.2, 0.25) is 0 Å². The van der Waals surface area contributed by atoms with E-state index in [0.29, 0.717) is 32.7 Å². The lowest BCUT2D eigenvalue weighted by molar-refractivity contribution is -0.155. The minimum atomic E-state index is -0.903. The number of hydrogen-bond acceptors (Lipinski definition) is 9. The van der Waals surface area contributed by atoms with Crippen molar-refractivity contribution in [3.63, 3.8) is 0 Å². The van der Waals surface area contributed by atoms with E-state index in [0.717, 1.165) is 18.9 Å². The summed E-state index contributed by atoms with van der Waals surface area (Å²) in [6.45, 7) is 11.3. The quantitative estimate of drug-likeness (QED) is 0.313. The van der Waals surface area contributed by atoms with Crippen molar-refractivity contribution >= 4 is 35.0 Å². The molecule has 0 saturated carbocycles. The molecular weight excluding hydrogens is 522 g/mol. The maximum Gasteiger partial charge on any atom is 0.306 e. The van der Waals surface area contributed by atoms with Gasteiger partial charge in [-0.15, -0.1) is 0 Å². The first-order valence-electron chi connectivity index (χ1n) is 13.6. The number of carbonyl (C=O) groups excluding carboxylic acids is 2. The Hall–Kier alpha value is -3.54. The molecule has 1 amide bonds. The van der Waals surface area contributed by atoms with Crippen LogP contribution in [-0.4, -0.2) is 59.8 Å². The van der Waals surface area contributed by atoms with Crippen LogP contribution in [0.25, 0.3) is 0 Å². The molecule has 1 aliphatic rings. The van der Waals surface area contributed by atoms with Gasteiger partial charge in [0.05, 0.1) is 37.1 Å². The number of esters is 1. The van der Waals surface area contributed by atoms with Crippen molar-refractivity contribution in [3.8, 4) is 0 Å². The van der Waals surface area contributed by atoms with E-state index in [9.17, 15) is 14.0 Å². The SMILES string of the molecule is CCCC[C@@H](Nc1nc(Nc2cnc(N3CCOCC3)c(F)c2)c(C(N)=O)cc1F)[C@H](C)CC(=O)OC(C)(C)C. The zero-order valence-corrected chi connectivity index (χ0v) is 23.9. The third-order valence-electron chi connectivity index (χ3n) is 6.42. The molecule has 0 bridgehead atoms. The second kappa shape index (κ2) is 13.7. The molecule has 1 fully saturated rings. The van der Waals surface area contributed by atoms with E-state index in [1.165, 1.54) is 12.3 Å². The summed E-state index contributed by atoms with van der Waals surface area (Å²) >= 11 is 0. The summed E-state index contributed by atoms with van der Waals surface area (Å²) in [5.41, 5.74) is 4.89. The molecule has 0 radical (unpaired) electrons. The summed E-state index contributed by atoms with van der Waals surface area (Å²) in [5.74, 6) is -2.79. The number of pyridine rings is 2. The smallest absolute Gasteiger partial charge is 0.306 e. The molecule has 2 atom stereocenters. The molecule has 0 spiro atoms. The van der Waals surface area contributed by atoms with Gasteiger partial charge in [-0.1, -0.05) is 26.7 Å². The number of hydrogen-bond donors (Lipinski definition) is 3. The Morgan fingerprint density at radius 2 is 1.88 bits per heavy atom. The van der Waals surface area contributed by atoms with Crippen LogP contribution in [0.4, 0.5) is 31.9 Å². The van der Waals surface area contributed by atoms with Gasteiger partial charge in [0.2, 0.25) is 0 Å². The number of nitrogens with one attached hydrogen (secondary N) is 2. The van der Waals surface area contributed by atoms with Crippen LogP contribution < -0.4 is 21.3 Å². The zero-order valence-electron chi connectivity index (χ0n) is 23.9. The van der Waals surface area contributed by atoms with Crippen molar-refractivity contribution in [2.45, 2.75) is 71.9 Å². The molecule has 0 aliphatic carbocycles. The number of halogens is 2. The topological polar surface area (TPSA) is 132 Å². The number of unbranched alkanes of at least 4 members (excludes halogenated alkanes) is 1. The molecule has 3 heterocycles. The fraction of sp³-hybridized carbons (Fsp3) is 0.571. The first-order chi connectivity index (χ1) is 18.9. The number of primary amides is 1. The molecule has 3 rings (SSSR count). The Bertz CT molecular complexity index is 1180. The summed E-state index contributed by atoms with van der Waals surface area (Å²) in [4.78, 5) is 34.9. The predicted molar refractivity (Wildman–Crippen MR) is 150 cm³/mol. The number of anilines is 4. The monoisotopic (exact) mass is 562 g/mol. The molecule has 0 aromatic carbocycles. The van der Waals surface area contributed by atoms with Gasteiger partial charge in [0.25, 0.3) is 5.91 Å². The minimum Gasteiger partial charge on any atom is -0.460 e. The fourth-order valence-corrected chi connectivity index (χ4v) is 4.40. The number of aromatic nitrogens is 2. The van der Waals surface area contributed by atoms with Gasteiger partial charge in [0.1, 0.15) is 11.4 Å². The first-order valence-corrected chi connectivity index (χ1v) is 13.6. The zero-order chi connectivity index (χ0) is 29.4. The molecule has 2 aromatic rings. The first kappa shape index (κ1) is 31.0. The number of nitrogens with two attached hydrogens (primary N) is 1. The van der Waals surface area contributed by atoms with Crippen molar-refractivity contribution in [2.75, 3.05) is 41.8 Å². The Kier molecular flexibility index (Phi) is 10.6. The van der Waals surface area contributed by atoms with Crippen LogP contribution >= 0.6 is 0 Å². The van der Waals surface area contributed by atoms with E-state index in [2.05, 4.69) is 20.6 Å². The maximum atomic E-state index is 15.1. The maximum absolute atomic E-state index is 15.1. The van der Waals surface area contributed by atoms with Gasteiger partial charge in [-0.25, -0.2) is 18.7 Å². The number of morpholine rings is 1. The average molecular weight is 563 g/mol. The van der Waals surface area contributed by atoms with Gasteiger partial charge in [0.15, 0.2) is 23.3 Å². The van der Waals surface area contributed by atoms with Crippen LogP contribution in [0.3, 0.4) is 0 Å². The van der Waals surface area contributed by atoms with Crippen LogP contribution in [0, 0.1) is 17.6 Å². The highest BCUT2D eigenvalue weighted by Gasteiger charge is 2.26. The van der Waals surface area contributed by atoms with Crippen molar-refractivity contribution in [1.29, 1.82) is 0 Å². The highest BCUT2D eigenvalue weighted by Crippen LogP contribution is 2.28. The average Bonchev–Trinajstić information content (AvgIpc) is 2.87. The van der Waals surface area contributed by atoms with E-state index in [1.54, 1.807) is 25.7 Å². The summed E-state index contributed by atoms with van der Waals surface area (Å²) in [6.07, 6.45) is 3.93. The molecule has 10 nitrogen and oxygen atoms in total. The summed E-state index contributed by atoms with van der Waals surface area (Å²) in [5, 5.41) is 5.97. The summed E-state index contributed by atoms with van der Waals surface area (Å²) in [7, 11) is 0. The molecule has 1 aliphatic heterocycles. The molecular formula is C28H40F2N6O4. The normalized spacial score (nSPS) is 15.3. The Morgan fingerprint density at radius 3 is 2.48 bits per heavy atom. The molecule has 0 unspecified atom stereocenters. The lowest BCUT2D eigenvalue weighted by Crippen LogP contribution is -2.37. The van der Waals surface area contributed by atoms with Gasteiger partial charge in [0, 0.05) is 25.2 Å². The van der Waals surface area contributed by atoms with Crippen LogP contribution in [0.15, 0.2) is 18.3 Å². The van der Waals surface area contributed by atoms with E-state index >= 15 is 4.39 Å². The van der Waals surface area contributed by atoms with E-state index in [-0.39, 0.29) is 53.1 Å². The lowest BCUT2D eigenvalue weighted by Gasteiger charge is -2.28. The summed E-state index contributed by atoms with van der Waals surface area (Å²) in [6, 6.07) is 1.91. The standard InChI is InChI=1S/C28H40F2N6O4/c1-6-7-8-22(17(2)13-23(37)40-28(3,4)5)34-26-20(29)15-19(24(31)38)25(35-26)33-18-14-21(30)27(32-16-18)36-9-11-39-12-10-36/h14-17,22H,6-13H2,1-5H3,(H2,31,38)(H2,33,34,35)/t17-,22-/m1/s1. The molecule has 12 heteroatoms. The lowest BCUT2D eigenvalue weighted by atomic mass is 9.93. The largest absolute Gasteiger partial charge is 0.460 e. The summed E-state index contributed by atoms with van der Waals surface area (Å²) < 4.78 is 40.8. The fourth-order valence-electron chi connectivity index (χ4n) is 4.40. The van der Waals surface area contributed by atoms with Crippen molar-refractivity contribution in [3.05, 3.63) is 35.5 Å². The second-order valence-corrected chi connectivity index (χ2v) is 11.0. The van der Waals surface area contributed by atoms with Crippen molar-refractivity contribution in [1.82, 2.24) is 9.97 Å². The Balaban J connectivity index is 1.85. The van der Waals surface area contributed by atoms with Gasteiger partial charge in [-0.3, -0.25) is 9.59 Å². The van der Waals surface area contributed by atoms with Gasteiger partial charge in [-0.2, -0.15) is 0 Å². The molecule has 2 aromatic heterocycles. The number of ether oxygens (including phenoxy) is 2. The van der Waals surface area contributed by atoms with Crippen molar-refractivity contribution < 1.29 is 27.8 Å².